The molecule has 0 aromatic heterocycles. The summed E-state index contributed by atoms with van der Waals surface area (Å²) in [4.78, 5) is 22.6. The third-order valence-corrected chi connectivity index (χ3v) is 4.18. The average molecular weight is 386 g/mol. The molecule has 3 heteroatoms. The molecule has 0 aliphatic carbocycles. The van der Waals surface area contributed by atoms with E-state index < -0.39 is 0 Å². The number of carbonyl (C=O) groups is 2. The fourth-order valence-corrected chi connectivity index (χ4v) is 3.48. The Morgan fingerprint density at radius 3 is 0.963 bits per heavy atom. The zero-order valence-electron chi connectivity index (χ0n) is 20.7. The molecule has 0 heterocycles. The van der Waals surface area contributed by atoms with E-state index in [1.807, 2.05) is 27.7 Å². The van der Waals surface area contributed by atoms with E-state index in [9.17, 15) is 9.59 Å². The maximum atomic E-state index is 11.8. The van der Waals surface area contributed by atoms with Crippen molar-refractivity contribution < 1.29 is 9.59 Å². The molecule has 2 N–H and O–H groups in total. The van der Waals surface area contributed by atoms with Crippen molar-refractivity contribution in [2.24, 2.45) is 53.1 Å². The molecule has 0 atom stereocenters. The molecule has 0 bridgehead atoms. The van der Waals surface area contributed by atoms with E-state index in [2.05, 4.69) is 62.3 Å². The lowest BCUT2D eigenvalue weighted by Gasteiger charge is -2.24. The maximum Gasteiger partial charge on any atom is 0.221 e. The lowest BCUT2D eigenvalue weighted by Crippen LogP contribution is -2.31. The second-order valence-electron chi connectivity index (χ2n) is 10.2. The van der Waals surface area contributed by atoms with Crippen LogP contribution in [0.5, 0.6) is 0 Å². The Kier molecular flexibility index (Phi) is 18.4. The Labute approximate surface area is 171 Å². The number of amides is 1. The van der Waals surface area contributed by atoms with Crippen molar-refractivity contribution in [3.63, 3.8) is 0 Å². The summed E-state index contributed by atoms with van der Waals surface area (Å²) in [6.45, 7) is 27.4. The van der Waals surface area contributed by atoms with Gasteiger partial charge in [-0.2, -0.15) is 0 Å². The number of ketones is 1. The molecule has 0 spiro atoms. The molecule has 0 aliphatic heterocycles. The summed E-state index contributed by atoms with van der Waals surface area (Å²) in [5.41, 5.74) is 5.20. The van der Waals surface area contributed by atoms with Gasteiger partial charge in [-0.05, 0) is 35.5 Å². The van der Waals surface area contributed by atoms with Gasteiger partial charge in [-0.15, -0.1) is 0 Å². The van der Waals surface area contributed by atoms with Crippen LogP contribution in [0.2, 0.25) is 0 Å². The van der Waals surface area contributed by atoms with E-state index in [1.54, 1.807) is 0 Å². The SMILES string of the molecule is CC(C)C.CC(C)C(C(N)=O)C(C)C.CC(C)CC(=O)C(C(C)C)C(C)C. The number of carbonyl (C=O) groups excluding carboxylic acids is 2. The molecule has 0 saturated carbocycles. The topological polar surface area (TPSA) is 60.2 Å². The largest absolute Gasteiger partial charge is 0.369 e. The minimum atomic E-state index is -0.176. The highest BCUT2D eigenvalue weighted by molar-refractivity contribution is 5.81. The number of Topliss-reactive ketones (excluding diaryl/α,β-unsaturated/α-hetero) is 1. The fourth-order valence-electron chi connectivity index (χ4n) is 3.48. The molecule has 0 rings (SSSR count). The summed E-state index contributed by atoms with van der Waals surface area (Å²) in [5, 5.41) is 0. The van der Waals surface area contributed by atoms with Gasteiger partial charge in [0.1, 0.15) is 5.78 Å². The number of rotatable bonds is 8. The second-order valence-corrected chi connectivity index (χ2v) is 10.2. The van der Waals surface area contributed by atoms with Crippen LogP contribution in [0.3, 0.4) is 0 Å². The molecular weight excluding hydrogens is 334 g/mol. The first-order valence-corrected chi connectivity index (χ1v) is 10.9. The molecule has 0 unspecified atom stereocenters. The number of primary amides is 1. The average Bonchev–Trinajstić information content (AvgIpc) is 2.34. The van der Waals surface area contributed by atoms with Crippen LogP contribution in [0.4, 0.5) is 0 Å². The molecule has 27 heavy (non-hydrogen) atoms. The lowest BCUT2D eigenvalue weighted by molar-refractivity contribution is -0.126. The van der Waals surface area contributed by atoms with Crippen LogP contribution in [0, 0.1) is 47.3 Å². The minimum Gasteiger partial charge on any atom is -0.369 e. The Morgan fingerprint density at radius 1 is 0.593 bits per heavy atom. The predicted octanol–water partition coefficient (Wildman–Crippen LogP) is 6.59. The van der Waals surface area contributed by atoms with Crippen molar-refractivity contribution in [2.45, 2.75) is 96.4 Å². The third kappa shape index (κ3) is 18.3. The minimum absolute atomic E-state index is 0.0278. The van der Waals surface area contributed by atoms with Crippen LogP contribution in [0.15, 0.2) is 0 Å². The van der Waals surface area contributed by atoms with Crippen LogP contribution in [0.1, 0.15) is 96.4 Å². The Morgan fingerprint density at radius 2 is 0.852 bits per heavy atom. The lowest BCUT2D eigenvalue weighted by atomic mass is 9.80. The zero-order valence-corrected chi connectivity index (χ0v) is 20.7. The number of hydrogen-bond donors (Lipinski definition) is 1. The molecule has 0 aromatic carbocycles. The van der Waals surface area contributed by atoms with Gasteiger partial charge < -0.3 is 5.73 Å². The number of hydrogen-bond acceptors (Lipinski definition) is 2. The van der Waals surface area contributed by atoms with Crippen molar-refractivity contribution in [3.05, 3.63) is 0 Å². The highest BCUT2D eigenvalue weighted by Gasteiger charge is 2.25. The molecule has 164 valence electrons. The van der Waals surface area contributed by atoms with Crippen molar-refractivity contribution >= 4 is 11.7 Å². The first-order valence-electron chi connectivity index (χ1n) is 10.9. The Hall–Kier alpha value is -0.860. The highest BCUT2D eigenvalue weighted by atomic mass is 16.1. The quantitative estimate of drug-likeness (QED) is 0.512. The van der Waals surface area contributed by atoms with E-state index in [0.29, 0.717) is 35.4 Å². The van der Waals surface area contributed by atoms with Gasteiger partial charge in [0.2, 0.25) is 5.91 Å². The third-order valence-electron chi connectivity index (χ3n) is 4.18. The van der Waals surface area contributed by atoms with Crippen LogP contribution in [-0.2, 0) is 9.59 Å². The molecule has 3 nitrogen and oxygen atoms in total. The fraction of sp³-hybridized carbons (Fsp3) is 0.917. The molecular formula is C24H51NO2. The molecule has 0 aromatic rings. The van der Waals surface area contributed by atoms with Gasteiger partial charge >= 0.3 is 0 Å². The van der Waals surface area contributed by atoms with Crippen molar-refractivity contribution in [1.29, 1.82) is 0 Å². The highest BCUT2D eigenvalue weighted by Crippen LogP contribution is 2.24. The molecule has 1 amide bonds. The Balaban J connectivity index is -0.000000364. The van der Waals surface area contributed by atoms with Gasteiger partial charge in [0.25, 0.3) is 0 Å². The zero-order chi connectivity index (χ0) is 22.5. The van der Waals surface area contributed by atoms with Crippen LogP contribution >= 0.6 is 0 Å². The summed E-state index contributed by atoms with van der Waals surface area (Å²) in [7, 11) is 0. The van der Waals surface area contributed by atoms with Gasteiger partial charge in [-0.3, -0.25) is 9.59 Å². The molecule has 0 saturated heterocycles. The normalized spacial score (nSPS) is 11.4. The van der Waals surface area contributed by atoms with E-state index in [-0.39, 0.29) is 17.7 Å². The van der Waals surface area contributed by atoms with Crippen LogP contribution in [0.25, 0.3) is 0 Å². The van der Waals surface area contributed by atoms with Gasteiger partial charge in [-0.1, -0.05) is 90.0 Å². The molecule has 0 aliphatic rings. The first kappa shape index (κ1) is 30.9. The molecule has 0 fully saturated rings. The van der Waals surface area contributed by atoms with E-state index in [1.165, 1.54) is 0 Å². The van der Waals surface area contributed by atoms with E-state index in [4.69, 9.17) is 5.73 Å². The van der Waals surface area contributed by atoms with E-state index in [0.717, 1.165) is 12.3 Å². The van der Waals surface area contributed by atoms with Gasteiger partial charge in [0.15, 0.2) is 0 Å². The predicted molar refractivity (Wildman–Crippen MR) is 121 cm³/mol. The second kappa shape index (κ2) is 16.1. The first-order chi connectivity index (χ1) is 12.1. The summed E-state index contributed by atoms with van der Waals surface area (Å²) in [6, 6.07) is 0. The Bertz CT molecular complexity index is 363. The van der Waals surface area contributed by atoms with Crippen molar-refractivity contribution in [2.75, 3.05) is 0 Å². The van der Waals surface area contributed by atoms with Crippen LogP contribution < -0.4 is 5.73 Å². The summed E-state index contributed by atoms with van der Waals surface area (Å²) in [5.74, 6) is 3.55. The summed E-state index contributed by atoms with van der Waals surface area (Å²) >= 11 is 0. The van der Waals surface area contributed by atoms with Crippen molar-refractivity contribution in [1.82, 2.24) is 0 Å². The van der Waals surface area contributed by atoms with E-state index >= 15 is 0 Å². The van der Waals surface area contributed by atoms with Crippen LogP contribution in [-0.4, -0.2) is 11.7 Å². The summed E-state index contributed by atoms with van der Waals surface area (Å²) < 4.78 is 0. The summed E-state index contributed by atoms with van der Waals surface area (Å²) in [6.07, 6.45) is 0.737. The maximum absolute atomic E-state index is 11.8. The monoisotopic (exact) mass is 385 g/mol. The van der Waals surface area contributed by atoms with Crippen molar-refractivity contribution in [3.8, 4) is 0 Å². The molecule has 0 radical (unpaired) electrons. The van der Waals surface area contributed by atoms with Gasteiger partial charge in [-0.25, -0.2) is 0 Å². The van der Waals surface area contributed by atoms with Gasteiger partial charge in [0, 0.05) is 18.3 Å². The number of nitrogens with two attached hydrogens (primary N) is 1. The smallest absolute Gasteiger partial charge is 0.221 e. The van der Waals surface area contributed by atoms with Gasteiger partial charge in [0.05, 0.1) is 0 Å². The standard InChI is InChI=1S/C12H24O.C8H17NO.C4H10/c1-8(2)7-11(13)12(9(3)4)10(5)6;1-5(2)7(6(3)4)8(9)10;1-4(2)3/h8-10,12H,7H2,1-6H3;5-7H,1-4H3,(H2,9,10);4H,1-3H3.